The lowest BCUT2D eigenvalue weighted by molar-refractivity contribution is -0.139. The van der Waals surface area contributed by atoms with Gasteiger partial charge in [0.25, 0.3) is 0 Å². The van der Waals surface area contributed by atoms with E-state index in [1.807, 2.05) is 0 Å². The van der Waals surface area contributed by atoms with Crippen molar-refractivity contribution in [3.05, 3.63) is 29.4 Å². The first-order valence-corrected chi connectivity index (χ1v) is 7.69. The predicted molar refractivity (Wildman–Crippen MR) is 86.1 cm³/mol. The zero-order valence-corrected chi connectivity index (χ0v) is 13.9. The number of nitrogen functional groups attached to an aromatic ring is 1. The van der Waals surface area contributed by atoms with Gasteiger partial charge in [-0.2, -0.15) is 0 Å². The van der Waals surface area contributed by atoms with Crippen LogP contribution in [0, 0.1) is 0 Å². The maximum atomic E-state index is 12.2. The van der Waals surface area contributed by atoms with E-state index in [0.717, 1.165) is 0 Å². The van der Waals surface area contributed by atoms with Crippen molar-refractivity contribution < 1.29 is 23.9 Å². The number of amides is 2. The summed E-state index contributed by atoms with van der Waals surface area (Å²) in [6.07, 6.45) is 3.11. The molecule has 2 amide bonds. The molecule has 1 aliphatic heterocycles. The molecule has 1 aromatic heterocycles. The average molecular weight is 349 g/mol. The van der Waals surface area contributed by atoms with E-state index < -0.39 is 24.0 Å². The summed E-state index contributed by atoms with van der Waals surface area (Å²) in [5.74, 6) is -1.48. The Labute approximate surface area is 143 Å². The second-order valence-corrected chi connectivity index (χ2v) is 5.04. The summed E-state index contributed by atoms with van der Waals surface area (Å²) < 4.78 is 10.1. The summed E-state index contributed by atoms with van der Waals surface area (Å²) in [6.45, 7) is 3.31. The van der Waals surface area contributed by atoms with Crippen molar-refractivity contribution in [2.45, 2.75) is 26.3 Å². The zero-order valence-electron chi connectivity index (χ0n) is 13.9. The molecule has 1 aromatic rings. The third kappa shape index (κ3) is 4.22. The Morgan fingerprint density at radius 3 is 2.56 bits per heavy atom. The number of urea groups is 1. The standard InChI is InChI=1S/C15H19N5O5/c1-3-8-10(13(21)24-4-2)9(20-15(23)19-8)7-25-14(22)11-12(16)18-6-5-17-11/h5-6,8H,3-4,7H2,1-2H3,(H2,16,18)(H2,19,20,23). The van der Waals surface area contributed by atoms with Crippen molar-refractivity contribution >= 4 is 23.8 Å². The van der Waals surface area contributed by atoms with Crippen LogP contribution in [0.3, 0.4) is 0 Å². The highest BCUT2D eigenvalue weighted by Gasteiger charge is 2.32. The lowest BCUT2D eigenvalue weighted by atomic mass is 10.0. The largest absolute Gasteiger partial charge is 0.463 e. The maximum absolute atomic E-state index is 12.2. The molecule has 25 heavy (non-hydrogen) atoms. The van der Waals surface area contributed by atoms with Crippen molar-refractivity contribution in [1.29, 1.82) is 0 Å². The predicted octanol–water partition coefficient (Wildman–Crippen LogP) is 0.124. The van der Waals surface area contributed by atoms with Gasteiger partial charge < -0.3 is 25.8 Å². The monoisotopic (exact) mass is 349 g/mol. The van der Waals surface area contributed by atoms with E-state index in [2.05, 4.69) is 20.6 Å². The molecular formula is C15H19N5O5. The van der Waals surface area contributed by atoms with Crippen molar-refractivity contribution in [3.63, 3.8) is 0 Å². The van der Waals surface area contributed by atoms with Gasteiger partial charge in [0.05, 0.1) is 23.9 Å². The Bertz CT molecular complexity index is 718. The van der Waals surface area contributed by atoms with Gasteiger partial charge in [0.15, 0.2) is 11.5 Å². The highest BCUT2D eigenvalue weighted by Crippen LogP contribution is 2.18. The Hall–Kier alpha value is -3.17. The number of carbonyl (C=O) groups excluding carboxylic acids is 3. The number of anilines is 1. The number of nitrogens with one attached hydrogen (secondary N) is 2. The van der Waals surface area contributed by atoms with Crippen LogP contribution in [0.15, 0.2) is 23.7 Å². The Morgan fingerprint density at radius 1 is 1.20 bits per heavy atom. The minimum absolute atomic E-state index is 0.0760. The molecule has 10 nitrogen and oxygen atoms in total. The van der Waals surface area contributed by atoms with Crippen LogP contribution in [0.2, 0.25) is 0 Å². The Morgan fingerprint density at radius 2 is 1.92 bits per heavy atom. The van der Waals surface area contributed by atoms with E-state index in [0.29, 0.717) is 6.42 Å². The first kappa shape index (κ1) is 18.2. The quantitative estimate of drug-likeness (QED) is 0.614. The average Bonchev–Trinajstić information content (AvgIpc) is 2.59. The molecule has 10 heteroatoms. The SMILES string of the molecule is CCOC(=O)C1=C(COC(=O)c2nccnc2N)NC(=O)NC1CC. The number of ether oxygens (including phenoxy) is 2. The molecular weight excluding hydrogens is 330 g/mol. The molecule has 1 atom stereocenters. The molecule has 0 saturated carbocycles. The molecule has 0 aromatic carbocycles. The van der Waals surface area contributed by atoms with Crippen LogP contribution in [-0.2, 0) is 14.3 Å². The number of nitrogens with two attached hydrogens (primary N) is 1. The van der Waals surface area contributed by atoms with E-state index in [9.17, 15) is 14.4 Å². The molecule has 0 bridgehead atoms. The number of hydrogen-bond acceptors (Lipinski definition) is 8. The van der Waals surface area contributed by atoms with Gasteiger partial charge >= 0.3 is 18.0 Å². The van der Waals surface area contributed by atoms with Gasteiger partial charge in [0, 0.05) is 12.4 Å². The fourth-order valence-corrected chi connectivity index (χ4v) is 2.29. The normalized spacial score (nSPS) is 16.7. The molecule has 2 rings (SSSR count). The molecule has 1 unspecified atom stereocenters. The highest BCUT2D eigenvalue weighted by atomic mass is 16.5. The maximum Gasteiger partial charge on any atom is 0.361 e. The second-order valence-electron chi connectivity index (χ2n) is 5.04. The molecule has 0 saturated heterocycles. The topological polar surface area (TPSA) is 146 Å². The molecule has 0 aliphatic carbocycles. The summed E-state index contributed by atoms with van der Waals surface area (Å²) in [5.41, 5.74) is 5.79. The minimum Gasteiger partial charge on any atom is -0.463 e. The van der Waals surface area contributed by atoms with Crippen LogP contribution in [0.4, 0.5) is 10.6 Å². The van der Waals surface area contributed by atoms with Crippen LogP contribution in [0.25, 0.3) is 0 Å². The van der Waals surface area contributed by atoms with Gasteiger partial charge in [-0.15, -0.1) is 0 Å². The Kier molecular flexibility index (Phi) is 5.88. The van der Waals surface area contributed by atoms with Crippen LogP contribution >= 0.6 is 0 Å². The van der Waals surface area contributed by atoms with E-state index in [1.165, 1.54) is 12.4 Å². The molecule has 4 N–H and O–H groups in total. The molecule has 0 radical (unpaired) electrons. The zero-order chi connectivity index (χ0) is 18.4. The molecule has 1 aliphatic rings. The number of nitrogens with zero attached hydrogens (tertiary/aromatic N) is 2. The fraction of sp³-hybridized carbons (Fsp3) is 0.400. The van der Waals surface area contributed by atoms with Gasteiger partial charge in [0.1, 0.15) is 6.61 Å². The first-order chi connectivity index (χ1) is 12.0. The van der Waals surface area contributed by atoms with Gasteiger partial charge in [0.2, 0.25) is 0 Å². The van der Waals surface area contributed by atoms with Crippen LogP contribution in [0.1, 0.15) is 30.8 Å². The molecule has 134 valence electrons. The van der Waals surface area contributed by atoms with E-state index in [-0.39, 0.29) is 36.0 Å². The van der Waals surface area contributed by atoms with E-state index in [4.69, 9.17) is 15.2 Å². The van der Waals surface area contributed by atoms with Crippen LogP contribution in [0.5, 0.6) is 0 Å². The number of rotatable bonds is 6. The van der Waals surface area contributed by atoms with Crippen molar-refractivity contribution in [3.8, 4) is 0 Å². The smallest absolute Gasteiger partial charge is 0.361 e. The van der Waals surface area contributed by atoms with Crippen molar-refractivity contribution in [2.24, 2.45) is 0 Å². The summed E-state index contributed by atoms with van der Waals surface area (Å²) in [5, 5.41) is 5.10. The molecule has 0 spiro atoms. The van der Waals surface area contributed by atoms with Crippen LogP contribution in [-0.4, -0.2) is 47.2 Å². The lowest BCUT2D eigenvalue weighted by Gasteiger charge is -2.28. The van der Waals surface area contributed by atoms with Crippen LogP contribution < -0.4 is 16.4 Å². The first-order valence-electron chi connectivity index (χ1n) is 7.69. The Balaban J connectivity index is 2.22. The van der Waals surface area contributed by atoms with Gasteiger partial charge in [-0.25, -0.2) is 24.4 Å². The number of esters is 2. The summed E-state index contributed by atoms with van der Waals surface area (Å²) in [4.78, 5) is 43.6. The summed E-state index contributed by atoms with van der Waals surface area (Å²) in [7, 11) is 0. The van der Waals surface area contributed by atoms with Crippen molar-refractivity contribution in [2.75, 3.05) is 18.9 Å². The highest BCUT2D eigenvalue weighted by molar-refractivity contribution is 5.95. The minimum atomic E-state index is -0.817. The number of carbonyl (C=O) groups is 3. The number of hydrogen-bond donors (Lipinski definition) is 3. The summed E-state index contributed by atoms with van der Waals surface area (Å²) in [6, 6.07) is -1.03. The van der Waals surface area contributed by atoms with Gasteiger partial charge in [-0.1, -0.05) is 6.92 Å². The molecule has 2 heterocycles. The fourth-order valence-electron chi connectivity index (χ4n) is 2.29. The molecule has 0 fully saturated rings. The van der Waals surface area contributed by atoms with Gasteiger partial charge in [-0.3, -0.25) is 0 Å². The summed E-state index contributed by atoms with van der Waals surface area (Å²) >= 11 is 0. The number of aromatic nitrogens is 2. The van der Waals surface area contributed by atoms with Crippen molar-refractivity contribution in [1.82, 2.24) is 20.6 Å². The van der Waals surface area contributed by atoms with E-state index >= 15 is 0 Å². The third-order valence-corrected chi connectivity index (χ3v) is 3.41. The van der Waals surface area contributed by atoms with E-state index in [1.54, 1.807) is 13.8 Å². The second kappa shape index (κ2) is 8.08. The van der Waals surface area contributed by atoms with Gasteiger partial charge in [-0.05, 0) is 13.3 Å². The third-order valence-electron chi connectivity index (χ3n) is 3.41. The lowest BCUT2D eigenvalue weighted by Crippen LogP contribution is -2.51.